The average Bonchev–Trinajstić information content (AvgIpc) is 2.61. The lowest BCUT2D eigenvalue weighted by molar-refractivity contribution is -0.136. The number of carbonyl (C=O) groups excluding carboxylic acids is 1. The van der Waals surface area contributed by atoms with Gasteiger partial charge in [-0.1, -0.05) is 12.1 Å². The molecule has 0 unspecified atom stereocenters. The largest absolute Gasteiger partial charge is 0.381 e. The van der Waals surface area contributed by atoms with Crippen LogP contribution < -0.4 is 0 Å². The normalized spacial score (nSPS) is 23.4. The summed E-state index contributed by atoms with van der Waals surface area (Å²) in [5.74, 6) is -0.0265. The molecule has 2 fully saturated rings. The van der Waals surface area contributed by atoms with Gasteiger partial charge in [-0.15, -0.1) is 0 Å². The predicted octanol–water partition coefficient (Wildman–Crippen LogP) is 2.47. The Labute approximate surface area is 143 Å². The Morgan fingerprint density at radius 1 is 1.21 bits per heavy atom. The lowest BCUT2D eigenvalue weighted by atomic mass is 10.0. The molecule has 0 aliphatic carbocycles. The van der Waals surface area contributed by atoms with Gasteiger partial charge in [0, 0.05) is 51.4 Å². The van der Waals surface area contributed by atoms with Gasteiger partial charge < -0.3 is 9.64 Å². The molecule has 1 aromatic rings. The number of rotatable bonds is 4. The fraction of sp³-hybridized carbons (Fsp3) is 0.632. The van der Waals surface area contributed by atoms with E-state index >= 15 is 0 Å². The number of aryl methyl sites for hydroxylation is 1. The van der Waals surface area contributed by atoms with E-state index in [1.165, 1.54) is 12.1 Å². The highest BCUT2D eigenvalue weighted by molar-refractivity contribution is 5.77. The topological polar surface area (TPSA) is 32.8 Å². The first-order chi connectivity index (χ1) is 11.6. The Balaban J connectivity index is 1.48. The van der Waals surface area contributed by atoms with E-state index in [0.29, 0.717) is 18.9 Å². The molecular formula is C19H27FN2O2. The summed E-state index contributed by atoms with van der Waals surface area (Å²) < 4.78 is 18.4. The minimum Gasteiger partial charge on any atom is -0.381 e. The Kier molecular flexibility index (Phi) is 5.85. The number of hydrogen-bond acceptors (Lipinski definition) is 3. The van der Waals surface area contributed by atoms with Crippen molar-refractivity contribution in [3.63, 3.8) is 0 Å². The molecule has 0 spiro atoms. The quantitative estimate of drug-likeness (QED) is 0.848. The predicted molar refractivity (Wildman–Crippen MR) is 91.3 cm³/mol. The van der Waals surface area contributed by atoms with Crippen LogP contribution in [0.4, 0.5) is 4.39 Å². The van der Waals surface area contributed by atoms with Crippen LogP contribution in [0.3, 0.4) is 0 Å². The summed E-state index contributed by atoms with van der Waals surface area (Å²) in [6.45, 7) is 6.57. The molecule has 0 bridgehead atoms. The van der Waals surface area contributed by atoms with Crippen LogP contribution in [0, 0.1) is 5.82 Å². The van der Waals surface area contributed by atoms with Crippen molar-refractivity contribution in [2.75, 3.05) is 32.8 Å². The lowest BCUT2D eigenvalue weighted by Gasteiger charge is -2.44. The van der Waals surface area contributed by atoms with Crippen molar-refractivity contribution < 1.29 is 13.9 Å². The van der Waals surface area contributed by atoms with E-state index in [1.54, 1.807) is 12.1 Å². The van der Waals surface area contributed by atoms with Crippen molar-refractivity contribution in [3.8, 4) is 0 Å². The average molecular weight is 334 g/mol. The highest BCUT2D eigenvalue weighted by atomic mass is 19.1. The van der Waals surface area contributed by atoms with Gasteiger partial charge in [0.1, 0.15) is 5.82 Å². The van der Waals surface area contributed by atoms with Crippen LogP contribution in [0.5, 0.6) is 0 Å². The van der Waals surface area contributed by atoms with Crippen molar-refractivity contribution in [2.24, 2.45) is 0 Å². The van der Waals surface area contributed by atoms with E-state index < -0.39 is 0 Å². The van der Waals surface area contributed by atoms with Gasteiger partial charge in [0.15, 0.2) is 0 Å². The maximum Gasteiger partial charge on any atom is 0.223 e. The molecule has 2 aliphatic rings. The fourth-order valence-electron chi connectivity index (χ4n) is 3.78. The van der Waals surface area contributed by atoms with Crippen molar-refractivity contribution in [1.82, 2.24) is 9.80 Å². The number of ether oxygens (including phenoxy) is 1. The fourth-order valence-corrected chi connectivity index (χ4v) is 3.78. The van der Waals surface area contributed by atoms with Crippen LogP contribution in [0.1, 0.15) is 31.7 Å². The monoisotopic (exact) mass is 334 g/mol. The molecule has 0 radical (unpaired) electrons. The Morgan fingerprint density at radius 2 is 1.92 bits per heavy atom. The van der Waals surface area contributed by atoms with E-state index in [9.17, 15) is 9.18 Å². The molecule has 0 aromatic heterocycles. The van der Waals surface area contributed by atoms with Crippen LogP contribution in [-0.2, 0) is 16.0 Å². The SMILES string of the molecule is C[C@@H]1CN(C2CCOCC2)CCN1C(=O)CCc1ccc(F)cc1. The summed E-state index contributed by atoms with van der Waals surface area (Å²) in [5.41, 5.74) is 1.01. The maximum atomic E-state index is 12.9. The van der Waals surface area contributed by atoms with E-state index in [4.69, 9.17) is 4.74 Å². The Morgan fingerprint density at radius 3 is 2.58 bits per heavy atom. The van der Waals surface area contributed by atoms with Crippen molar-refractivity contribution in [3.05, 3.63) is 35.6 Å². The van der Waals surface area contributed by atoms with Gasteiger partial charge in [-0.05, 0) is 43.9 Å². The molecule has 132 valence electrons. The molecule has 4 nitrogen and oxygen atoms in total. The van der Waals surface area contributed by atoms with Crippen molar-refractivity contribution in [1.29, 1.82) is 0 Å². The summed E-state index contributed by atoms with van der Waals surface area (Å²) in [5, 5.41) is 0. The summed E-state index contributed by atoms with van der Waals surface area (Å²) in [6, 6.07) is 7.29. The number of amides is 1. The van der Waals surface area contributed by atoms with Gasteiger partial charge in [0.05, 0.1) is 0 Å². The van der Waals surface area contributed by atoms with Gasteiger partial charge in [0.25, 0.3) is 0 Å². The van der Waals surface area contributed by atoms with Gasteiger partial charge in [-0.2, -0.15) is 0 Å². The van der Waals surface area contributed by atoms with Crippen LogP contribution in [0.25, 0.3) is 0 Å². The Bertz CT molecular complexity index is 543. The second-order valence-corrected chi connectivity index (χ2v) is 6.90. The lowest BCUT2D eigenvalue weighted by Crippen LogP contribution is -2.57. The van der Waals surface area contributed by atoms with Crippen LogP contribution >= 0.6 is 0 Å². The molecule has 2 heterocycles. The van der Waals surface area contributed by atoms with E-state index in [-0.39, 0.29) is 17.8 Å². The zero-order valence-electron chi connectivity index (χ0n) is 14.4. The minimum absolute atomic E-state index is 0.207. The molecule has 5 heteroatoms. The van der Waals surface area contributed by atoms with Gasteiger partial charge >= 0.3 is 0 Å². The highest BCUT2D eigenvalue weighted by Crippen LogP contribution is 2.20. The van der Waals surface area contributed by atoms with E-state index in [1.807, 2.05) is 4.90 Å². The minimum atomic E-state index is -0.233. The molecule has 1 amide bonds. The zero-order valence-corrected chi connectivity index (χ0v) is 14.4. The second kappa shape index (κ2) is 8.08. The second-order valence-electron chi connectivity index (χ2n) is 6.90. The smallest absolute Gasteiger partial charge is 0.223 e. The molecule has 1 atom stereocenters. The number of carbonyl (C=O) groups is 1. The first-order valence-electron chi connectivity index (χ1n) is 8.99. The standard InChI is InChI=1S/C19H27FN2O2/c1-15-14-21(18-8-12-24-13-9-18)10-11-22(15)19(23)7-4-16-2-5-17(20)6-3-16/h2-3,5-6,15,18H,4,7-14H2,1H3/t15-/m1/s1. The molecule has 1 aromatic carbocycles. The van der Waals surface area contributed by atoms with Crippen LogP contribution in [0.2, 0.25) is 0 Å². The summed E-state index contributed by atoms with van der Waals surface area (Å²) in [7, 11) is 0. The first kappa shape index (κ1) is 17.4. The number of nitrogens with zero attached hydrogens (tertiary/aromatic N) is 2. The summed E-state index contributed by atoms with van der Waals surface area (Å²) in [6.07, 6.45) is 3.37. The van der Waals surface area contributed by atoms with Crippen LogP contribution in [0.15, 0.2) is 24.3 Å². The number of halogens is 1. The molecule has 2 saturated heterocycles. The van der Waals surface area contributed by atoms with Crippen molar-refractivity contribution >= 4 is 5.91 Å². The Hall–Kier alpha value is -1.46. The number of hydrogen-bond donors (Lipinski definition) is 0. The highest BCUT2D eigenvalue weighted by Gasteiger charge is 2.31. The van der Waals surface area contributed by atoms with E-state index in [0.717, 1.165) is 51.3 Å². The first-order valence-corrected chi connectivity index (χ1v) is 8.99. The zero-order chi connectivity index (χ0) is 16.9. The number of piperazine rings is 1. The molecule has 24 heavy (non-hydrogen) atoms. The third-order valence-corrected chi connectivity index (χ3v) is 5.23. The number of benzene rings is 1. The molecule has 2 aliphatic heterocycles. The molecule has 3 rings (SSSR count). The summed E-state index contributed by atoms with van der Waals surface area (Å²) >= 11 is 0. The summed E-state index contributed by atoms with van der Waals surface area (Å²) in [4.78, 5) is 17.1. The third kappa shape index (κ3) is 4.33. The van der Waals surface area contributed by atoms with Crippen molar-refractivity contribution in [2.45, 2.75) is 44.7 Å². The van der Waals surface area contributed by atoms with E-state index in [2.05, 4.69) is 11.8 Å². The van der Waals surface area contributed by atoms with Gasteiger partial charge in [-0.3, -0.25) is 9.69 Å². The molecule has 0 N–H and O–H groups in total. The van der Waals surface area contributed by atoms with Crippen LogP contribution in [-0.4, -0.2) is 60.6 Å². The maximum absolute atomic E-state index is 12.9. The molecule has 0 saturated carbocycles. The van der Waals surface area contributed by atoms with Gasteiger partial charge in [0.2, 0.25) is 5.91 Å². The molecular weight excluding hydrogens is 307 g/mol. The third-order valence-electron chi connectivity index (χ3n) is 5.23. The van der Waals surface area contributed by atoms with Gasteiger partial charge in [-0.25, -0.2) is 4.39 Å².